The Balaban J connectivity index is 1.97. The third-order valence-electron chi connectivity index (χ3n) is 4.73. The number of para-hydroxylation sites is 1. The first-order chi connectivity index (χ1) is 13.7. The number of methoxy groups -OCH3 is 1. The van der Waals surface area contributed by atoms with Crippen LogP contribution in [0, 0.1) is 0 Å². The number of alkyl carbamates (subject to hydrolysis) is 1. The second-order valence-corrected chi connectivity index (χ2v) is 8.42. The molecule has 1 aromatic rings. The molecule has 1 aromatic carbocycles. The first kappa shape index (κ1) is 22.8. The maximum atomic E-state index is 12.0. The third kappa shape index (κ3) is 7.15. The maximum absolute atomic E-state index is 12.0. The topological polar surface area (TPSA) is 75.2 Å². The van der Waals surface area contributed by atoms with Crippen LogP contribution in [-0.2, 0) is 4.74 Å². The molecule has 0 saturated carbocycles. The normalized spacial score (nSPS) is 18.3. The molecule has 2 N–H and O–H groups in total. The monoisotopic (exact) mass is 404 g/mol. The van der Waals surface area contributed by atoms with Gasteiger partial charge >= 0.3 is 6.09 Å². The molecule has 1 fully saturated rings. The molecular formula is C22H36N4O3. The van der Waals surface area contributed by atoms with Crippen molar-refractivity contribution < 1.29 is 14.3 Å². The predicted octanol–water partition coefficient (Wildman–Crippen LogP) is 3.36. The van der Waals surface area contributed by atoms with Crippen molar-refractivity contribution in [2.45, 2.75) is 58.6 Å². The molecule has 2 unspecified atom stereocenters. The molecule has 1 heterocycles. The number of likely N-dealkylation sites (tertiary alicyclic amines) is 1. The Morgan fingerprint density at radius 2 is 2.07 bits per heavy atom. The van der Waals surface area contributed by atoms with Gasteiger partial charge in [-0.3, -0.25) is 4.99 Å². The Morgan fingerprint density at radius 1 is 1.34 bits per heavy atom. The number of carbonyl (C=O) groups excluding carboxylic acids is 1. The minimum atomic E-state index is -0.493. The summed E-state index contributed by atoms with van der Waals surface area (Å²) in [5, 5.41) is 6.34. The maximum Gasteiger partial charge on any atom is 0.407 e. The van der Waals surface area contributed by atoms with Crippen LogP contribution in [0.4, 0.5) is 4.79 Å². The molecule has 7 heteroatoms. The van der Waals surface area contributed by atoms with Crippen molar-refractivity contribution in [1.29, 1.82) is 0 Å². The minimum absolute atomic E-state index is 0.0559. The van der Waals surface area contributed by atoms with Crippen molar-refractivity contribution in [1.82, 2.24) is 15.5 Å². The van der Waals surface area contributed by atoms with E-state index in [0.717, 1.165) is 36.8 Å². The molecule has 2 atom stereocenters. The standard InChI is InChI=1S/C22H36N4O3/c1-7-23-20(24-14-16(2)18-10-8-9-11-19(18)28-6)26-13-12-17(15-26)25-21(27)29-22(3,4)5/h8-11,16-17H,7,12-15H2,1-6H3,(H,23,24)(H,25,27). The van der Waals surface area contributed by atoms with E-state index in [-0.39, 0.29) is 18.1 Å². The van der Waals surface area contributed by atoms with Crippen LogP contribution in [0.15, 0.2) is 29.3 Å². The van der Waals surface area contributed by atoms with Gasteiger partial charge in [0.25, 0.3) is 0 Å². The number of benzene rings is 1. The fourth-order valence-electron chi connectivity index (χ4n) is 3.37. The lowest BCUT2D eigenvalue weighted by Gasteiger charge is -2.24. The summed E-state index contributed by atoms with van der Waals surface area (Å²) in [6, 6.07) is 8.12. The molecule has 2 rings (SSSR count). The zero-order valence-corrected chi connectivity index (χ0v) is 18.6. The summed E-state index contributed by atoms with van der Waals surface area (Å²) < 4.78 is 10.8. The molecule has 7 nitrogen and oxygen atoms in total. The van der Waals surface area contributed by atoms with Crippen LogP contribution in [0.25, 0.3) is 0 Å². The van der Waals surface area contributed by atoms with Crippen molar-refractivity contribution in [2.24, 2.45) is 4.99 Å². The lowest BCUT2D eigenvalue weighted by molar-refractivity contribution is 0.0507. The molecule has 1 amide bonds. The van der Waals surface area contributed by atoms with Gasteiger partial charge in [0.05, 0.1) is 13.2 Å². The van der Waals surface area contributed by atoms with Gasteiger partial charge in [-0.2, -0.15) is 0 Å². The van der Waals surface area contributed by atoms with Gasteiger partial charge in [0, 0.05) is 32.1 Å². The van der Waals surface area contributed by atoms with E-state index < -0.39 is 5.60 Å². The summed E-state index contributed by atoms with van der Waals surface area (Å²) >= 11 is 0. The molecule has 1 aliphatic heterocycles. The number of amides is 1. The molecule has 162 valence electrons. The first-order valence-electron chi connectivity index (χ1n) is 10.4. The van der Waals surface area contributed by atoms with E-state index in [1.165, 1.54) is 0 Å². The number of guanidine groups is 1. The second-order valence-electron chi connectivity index (χ2n) is 8.42. The Hall–Kier alpha value is -2.44. The molecule has 0 aliphatic carbocycles. The third-order valence-corrected chi connectivity index (χ3v) is 4.73. The lowest BCUT2D eigenvalue weighted by Crippen LogP contribution is -2.44. The molecule has 0 aromatic heterocycles. The highest BCUT2D eigenvalue weighted by molar-refractivity contribution is 5.80. The average Bonchev–Trinajstić information content (AvgIpc) is 3.11. The number of aliphatic imine (C=N–C) groups is 1. The molecule has 1 saturated heterocycles. The number of ether oxygens (including phenoxy) is 2. The number of carbonyl (C=O) groups is 1. The second kappa shape index (κ2) is 10.4. The van der Waals surface area contributed by atoms with Crippen LogP contribution >= 0.6 is 0 Å². The van der Waals surface area contributed by atoms with Gasteiger partial charge in [-0.1, -0.05) is 25.1 Å². The van der Waals surface area contributed by atoms with E-state index in [2.05, 4.69) is 35.4 Å². The van der Waals surface area contributed by atoms with Gasteiger partial charge in [0.15, 0.2) is 5.96 Å². The number of nitrogens with zero attached hydrogens (tertiary/aromatic N) is 2. The zero-order chi connectivity index (χ0) is 21.4. The highest BCUT2D eigenvalue weighted by Gasteiger charge is 2.28. The molecule has 0 radical (unpaired) electrons. The van der Waals surface area contributed by atoms with Gasteiger partial charge in [-0.25, -0.2) is 4.79 Å². The van der Waals surface area contributed by atoms with E-state index in [1.54, 1.807) is 7.11 Å². The van der Waals surface area contributed by atoms with E-state index in [9.17, 15) is 4.79 Å². The number of hydrogen-bond donors (Lipinski definition) is 2. The van der Waals surface area contributed by atoms with Crippen molar-refractivity contribution in [2.75, 3.05) is 33.3 Å². The van der Waals surface area contributed by atoms with E-state index in [1.807, 2.05) is 39.0 Å². The van der Waals surface area contributed by atoms with Crippen LogP contribution in [0.5, 0.6) is 5.75 Å². The van der Waals surface area contributed by atoms with Crippen LogP contribution in [-0.4, -0.2) is 61.9 Å². The molecule has 1 aliphatic rings. The first-order valence-corrected chi connectivity index (χ1v) is 10.4. The van der Waals surface area contributed by atoms with E-state index in [0.29, 0.717) is 13.1 Å². The summed E-state index contributed by atoms with van der Waals surface area (Å²) in [7, 11) is 1.70. The van der Waals surface area contributed by atoms with Gasteiger partial charge < -0.3 is 25.0 Å². The quantitative estimate of drug-likeness (QED) is 0.562. The highest BCUT2D eigenvalue weighted by atomic mass is 16.6. The SMILES string of the molecule is CCNC(=NCC(C)c1ccccc1OC)N1CCC(NC(=O)OC(C)(C)C)C1. The molecule has 0 bridgehead atoms. The summed E-state index contributed by atoms with van der Waals surface area (Å²) in [6.07, 6.45) is 0.502. The molecular weight excluding hydrogens is 368 g/mol. The van der Waals surface area contributed by atoms with Gasteiger partial charge in [0.2, 0.25) is 0 Å². The van der Waals surface area contributed by atoms with Crippen LogP contribution in [0.2, 0.25) is 0 Å². The lowest BCUT2D eigenvalue weighted by atomic mass is 10.0. The summed E-state index contributed by atoms with van der Waals surface area (Å²) in [5.41, 5.74) is 0.661. The largest absolute Gasteiger partial charge is 0.496 e. The predicted molar refractivity (Wildman–Crippen MR) is 117 cm³/mol. The molecule has 0 spiro atoms. The Morgan fingerprint density at radius 3 is 2.72 bits per heavy atom. The summed E-state index contributed by atoms with van der Waals surface area (Å²) in [5.74, 6) is 2.00. The average molecular weight is 405 g/mol. The van der Waals surface area contributed by atoms with Crippen molar-refractivity contribution in [3.05, 3.63) is 29.8 Å². The zero-order valence-electron chi connectivity index (χ0n) is 18.6. The smallest absolute Gasteiger partial charge is 0.407 e. The Kier molecular flexibility index (Phi) is 8.17. The van der Waals surface area contributed by atoms with E-state index >= 15 is 0 Å². The van der Waals surface area contributed by atoms with Crippen LogP contribution < -0.4 is 15.4 Å². The van der Waals surface area contributed by atoms with Gasteiger partial charge in [0.1, 0.15) is 11.4 Å². The molecule has 29 heavy (non-hydrogen) atoms. The minimum Gasteiger partial charge on any atom is -0.496 e. The van der Waals surface area contributed by atoms with Crippen molar-refractivity contribution in [3.63, 3.8) is 0 Å². The van der Waals surface area contributed by atoms with Gasteiger partial charge in [-0.05, 0) is 45.7 Å². The number of hydrogen-bond acceptors (Lipinski definition) is 4. The van der Waals surface area contributed by atoms with Crippen LogP contribution in [0.1, 0.15) is 52.5 Å². The fourth-order valence-corrected chi connectivity index (χ4v) is 3.37. The van der Waals surface area contributed by atoms with E-state index in [4.69, 9.17) is 14.5 Å². The van der Waals surface area contributed by atoms with Gasteiger partial charge in [-0.15, -0.1) is 0 Å². The summed E-state index contributed by atoms with van der Waals surface area (Å²) in [6.45, 7) is 12.8. The fraction of sp³-hybridized carbons (Fsp3) is 0.636. The summed E-state index contributed by atoms with van der Waals surface area (Å²) in [4.78, 5) is 19.1. The van der Waals surface area contributed by atoms with Crippen molar-refractivity contribution >= 4 is 12.1 Å². The Labute approximate surface area is 174 Å². The van der Waals surface area contributed by atoms with Crippen LogP contribution in [0.3, 0.4) is 0 Å². The number of nitrogens with one attached hydrogen (secondary N) is 2. The Bertz CT molecular complexity index is 700. The highest BCUT2D eigenvalue weighted by Crippen LogP contribution is 2.26. The van der Waals surface area contributed by atoms with Crippen molar-refractivity contribution in [3.8, 4) is 5.75 Å². The number of rotatable bonds is 6.